The van der Waals surface area contributed by atoms with Gasteiger partial charge in [-0.05, 0) is 24.3 Å². The van der Waals surface area contributed by atoms with Crippen molar-refractivity contribution >= 4 is 0 Å². The zero-order valence-corrected chi connectivity index (χ0v) is 10.5. The fourth-order valence-electron chi connectivity index (χ4n) is 1.85. The summed E-state index contributed by atoms with van der Waals surface area (Å²) in [7, 11) is 0. The van der Waals surface area contributed by atoms with Crippen LogP contribution in [0, 0.1) is 11.3 Å². The zero-order valence-electron chi connectivity index (χ0n) is 10.5. The van der Waals surface area contributed by atoms with Crippen molar-refractivity contribution in [2.24, 2.45) is 0 Å². The molecule has 0 aliphatic carbocycles. The van der Waals surface area contributed by atoms with Gasteiger partial charge < -0.3 is 0 Å². The molecule has 0 unspecified atom stereocenters. The topological polar surface area (TPSA) is 80.3 Å². The van der Waals surface area contributed by atoms with Gasteiger partial charge in [0.05, 0.1) is 6.07 Å². The molecule has 3 aromatic rings. The van der Waals surface area contributed by atoms with E-state index in [2.05, 4.69) is 26.1 Å². The summed E-state index contributed by atoms with van der Waals surface area (Å²) >= 11 is 0. The van der Waals surface area contributed by atoms with Gasteiger partial charge in [0.25, 0.3) is 0 Å². The summed E-state index contributed by atoms with van der Waals surface area (Å²) in [4.78, 5) is 12.6. The van der Waals surface area contributed by atoms with Gasteiger partial charge in [0.2, 0.25) is 0 Å². The quantitative estimate of drug-likeness (QED) is 0.720. The van der Waals surface area contributed by atoms with Gasteiger partial charge in [-0.2, -0.15) is 5.26 Å². The van der Waals surface area contributed by atoms with Crippen LogP contribution in [0.4, 0.5) is 0 Å². The maximum atomic E-state index is 8.90. The van der Waals surface area contributed by atoms with Gasteiger partial charge in [-0.3, -0.25) is 9.97 Å². The van der Waals surface area contributed by atoms with Gasteiger partial charge in [0.1, 0.15) is 6.54 Å². The van der Waals surface area contributed by atoms with Crippen LogP contribution in [-0.2, 0) is 6.54 Å². The maximum Gasteiger partial charge on any atom is 0.183 e. The van der Waals surface area contributed by atoms with Crippen molar-refractivity contribution in [3.8, 4) is 28.8 Å². The van der Waals surface area contributed by atoms with Crippen LogP contribution in [0.2, 0.25) is 0 Å². The molecule has 3 rings (SSSR count). The molecule has 0 fully saturated rings. The third kappa shape index (κ3) is 2.24. The first kappa shape index (κ1) is 12.0. The van der Waals surface area contributed by atoms with Gasteiger partial charge in [-0.1, -0.05) is 0 Å². The first-order valence-corrected chi connectivity index (χ1v) is 6.01. The Labute approximate surface area is 115 Å². The highest BCUT2D eigenvalue weighted by atomic mass is 15.3. The molecular weight excluding hydrogens is 252 g/mol. The fraction of sp³-hybridized carbons (Fsp3) is 0.0714. The third-order valence-corrected chi connectivity index (χ3v) is 2.73. The summed E-state index contributed by atoms with van der Waals surface area (Å²) in [5.74, 6) is 1.17. The number of hydrogen-bond acceptors (Lipinski definition) is 5. The summed E-state index contributed by atoms with van der Waals surface area (Å²) in [5.41, 5.74) is 1.64. The summed E-state index contributed by atoms with van der Waals surface area (Å²) in [6.07, 6.45) is 6.78. The van der Waals surface area contributed by atoms with Crippen molar-refractivity contribution < 1.29 is 0 Å². The van der Waals surface area contributed by atoms with E-state index < -0.39 is 0 Å². The van der Waals surface area contributed by atoms with Crippen LogP contribution in [0.15, 0.2) is 49.1 Å². The van der Waals surface area contributed by atoms with Crippen LogP contribution in [0.5, 0.6) is 0 Å². The Balaban J connectivity index is 2.11. The van der Waals surface area contributed by atoms with E-state index in [1.807, 2.05) is 24.3 Å². The monoisotopic (exact) mass is 262 g/mol. The van der Waals surface area contributed by atoms with Crippen LogP contribution in [0.25, 0.3) is 22.8 Å². The fourth-order valence-corrected chi connectivity index (χ4v) is 1.85. The number of nitriles is 1. The SMILES string of the molecule is N#CCn1nc(-c2cccnc2)nc1-c1cccnc1. The van der Waals surface area contributed by atoms with Crippen LogP contribution in [0.1, 0.15) is 0 Å². The largest absolute Gasteiger partial charge is 0.264 e. The second-order valence-corrected chi connectivity index (χ2v) is 4.06. The molecule has 0 radical (unpaired) electrons. The van der Waals surface area contributed by atoms with Crippen molar-refractivity contribution in [1.29, 1.82) is 5.26 Å². The van der Waals surface area contributed by atoms with Crippen molar-refractivity contribution in [2.75, 3.05) is 0 Å². The standard InChI is InChI=1S/C14H10N6/c15-5-8-20-14(12-4-2-7-17-10-12)18-13(19-20)11-3-1-6-16-9-11/h1-4,6-7,9-10H,8H2. The molecule has 0 spiro atoms. The Kier molecular flexibility index (Phi) is 3.17. The van der Waals surface area contributed by atoms with Crippen LogP contribution < -0.4 is 0 Å². The summed E-state index contributed by atoms with van der Waals surface area (Å²) < 4.78 is 1.57. The second-order valence-electron chi connectivity index (χ2n) is 4.06. The molecule has 0 bridgehead atoms. The molecule has 0 saturated carbocycles. The van der Waals surface area contributed by atoms with E-state index in [0.29, 0.717) is 11.6 Å². The highest BCUT2D eigenvalue weighted by Gasteiger charge is 2.13. The molecule has 96 valence electrons. The predicted molar refractivity (Wildman–Crippen MR) is 72.1 cm³/mol. The van der Waals surface area contributed by atoms with E-state index in [1.54, 1.807) is 29.5 Å². The highest BCUT2D eigenvalue weighted by molar-refractivity contribution is 5.60. The van der Waals surface area contributed by atoms with Gasteiger partial charge in [-0.15, -0.1) is 5.10 Å². The lowest BCUT2D eigenvalue weighted by Crippen LogP contribution is -2.01. The van der Waals surface area contributed by atoms with Crippen LogP contribution in [-0.4, -0.2) is 24.7 Å². The predicted octanol–water partition coefficient (Wildman–Crippen LogP) is 1.93. The minimum atomic E-state index is 0.136. The number of pyridine rings is 2. The average molecular weight is 262 g/mol. The van der Waals surface area contributed by atoms with E-state index >= 15 is 0 Å². The van der Waals surface area contributed by atoms with Gasteiger partial charge >= 0.3 is 0 Å². The second kappa shape index (κ2) is 5.28. The van der Waals surface area contributed by atoms with Gasteiger partial charge in [0, 0.05) is 35.9 Å². The zero-order chi connectivity index (χ0) is 13.8. The number of aromatic nitrogens is 5. The minimum Gasteiger partial charge on any atom is -0.264 e. The molecule has 20 heavy (non-hydrogen) atoms. The lowest BCUT2D eigenvalue weighted by atomic mass is 10.2. The highest BCUT2D eigenvalue weighted by Crippen LogP contribution is 2.21. The Bertz CT molecular complexity index is 742. The molecule has 0 saturated heterocycles. The molecule has 0 aliphatic heterocycles. The first-order valence-electron chi connectivity index (χ1n) is 6.01. The normalized spacial score (nSPS) is 10.2. The molecule has 0 aliphatic rings. The summed E-state index contributed by atoms with van der Waals surface area (Å²) in [6.45, 7) is 0.136. The smallest absolute Gasteiger partial charge is 0.183 e. The summed E-state index contributed by atoms with van der Waals surface area (Å²) in [6, 6.07) is 9.50. The molecule has 6 nitrogen and oxygen atoms in total. The minimum absolute atomic E-state index is 0.136. The van der Waals surface area contributed by atoms with Crippen LogP contribution in [0.3, 0.4) is 0 Å². The van der Waals surface area contributed by atoms with E-state index in [1.165, 1.54) is 0 Å². The van der Waals surface area contributed by atoms with Crippen molar-refractivity contribution in [2.45, 2.75) is 6.54 Å². The van der Waals surface area contributed by atoms with Crippen molar-refractivity contribution in [1.82, 2.24) is 24.7 Å². The Morgan fingerprint density at radius 3 is 2.35 bits per heavy atom. The van der Waals surface area contributed by atoms with E-state index in [9.17, 15) is 0 Å². The molecule has 0 atom stereocenters. The molecule has 3 aromatic heterocycles. The first-order chi connectivity index (χ1) is 9.88. The Morgan fingerprint density at radius 1 is 1.05 bits per heavy atom. The molecule has 0 amide bonds. The van der Waals surface area contributed by atoms with Crippen molar-refractivity contribution in [3.63, 3.8) is 0 Å². The Morgan fingerprint density at radius 2 is 1.75 bits per heavy atom. The number of hydrogen-bond donors (Lipinski definition) is 0. The molecule has 0 aromatic carbocycles. The molecule has 6 heteroatoms. The molecular formula is C14H10N6. The summed E-state index contributed by atoms with van der Waals surface area (Å²) in [5, 5.41) is 13.3. The number of rotatable bonds is 3. The molecule has 0 N–H and O–H groups in total. The van der Waals surface area contributed by atoms with Gasteiger partial charge in [0.15, 0.2) is 11.6 Å². The lowest BCUT2D eigenvalue weighted by Gasteiger charge is -1.99. The number of nitrogens with zero attached hydrogens (tertiary/aromatic N) is 6. The van der Waals surface area contributed by atoms with E-state index in [0.717, 1.165) is 11.1 Å². The van der Waals surface area contributed by atoms with Crippen molar-refractivity contribution in [3.05, 3.63) is 49.1 Å². The van der Waals surface area contributed by atoms with E-state index in [4.69, 9.17) is 5.26 Å². The third-order valence-electron chi connectivity index (χ3n) is 2.73. The van der Waals surface area contributed by atoms with E-state index in [-0.39, 0.29) is 6.54 Å². The average Bonchev–Trinajstić information content (AvgIpc) is 2.94. The lowest BCUT2D eigenvalue weighted by molar-refractivity contribution is 0.718. The Hall–Kier alpha value is -3.07. The van der Waals surface area contributed by atoms with Crippen LogP contribution >= 0.6 is 0 Å². The molecule has 3 heterocycles. The van der Waals surface area contributed by atoms with Gasteiger partial charge in [-0.25, -0.2) is 9.67 Å². The maximum absolute atomic E-state index is 8.90.